The molecular formula is C12H14Cl2Zr. The normalized spacial score (nSPS) is 16.9. The molecule has 0 saturated carbocycles. The summed E-state index contributed by atoms with van der Waals surface area (Å²) in [6.07, 6.45) is 15.6. The molecular weight excluding hydrogens is 306 g/mol. The molecule has 2 aliphatic carbocycles. The Morgan fingerprint density at radius 1 is 1.20 bits per heavy atom. The van der Waals surface area contributed by atoms with Gasteiger partial charge in [0.05, 0.1) is 0 Å². The standard InChI is InChI=1S/C7H7.C5H5.2ClH.Zr/c1-2-7-5-3-4-6-7;1-2-4-5-3-1;;;/h2-3,5H,1,4H2;1-3H,4H2;2*1H;. The van der Waals surface area contributed by atoms with Gasteiger partial charge >= 0.3 is 91.2 Å². The van der Waals surface area contributed by atoms with Crippen molar-refractivity contribution in [3.63, 3.8) is 0 Å². The van der Waals surface area contributed by atoms with E-state index in [9.17, 15) is 0 Å². The summed E-state index contributed by atoms with van der Waals surface area (Å²) in [6, 6.07) is 0. The van der Waals surface area contributed by atoms with Gasteiger partial charge in [0.15, 0.2) is 0 Å². The van der Waals surface area contributed by atoms with E-state index in [2.05, 4.69) is 37.0 Å². The van der Waals surface area contributed by atoms with Crippen LogP contribution in [-0.4, -0.2) is 0 Å². The summed E-state index contributed by atoms with van der Waals surface area (Å²) in [5, 5.41) is 0. The fourth-order valence-electron chi connectivity index (χ4n) is 1.57. The zero-order chi connectivity index (χ0) is 9.10. The summed E-state index contributed by atoms with van der Waals surface area (Å²) in [7, 11) is 0. The van der Waals surface area contributed by atoms with E-state index in [-0.39, 0.29) is 24.8 Å². The molecule has 0 amide bonds. The van der Waals surface area contributed by atoms with E-state index in [0.29, 0.717) is 0 Å². The third-order valence-electron chi connectivity index (χ3n) is 2.27. The molecule has 0 heterocycles. The first-order valence-corrected chi connectivity index (χ1v) is 7.01. The molecule has 0 radical (unpaired) electrons. The molecule has 0 aromatic carbocycles. The molecule has 0 aromatic heterocycles. The van der Waals surface area contributed by atoms with E-state index in [4.69, 9.17) is 0 Å². The van der Waals surface area contributed by atoms with Crippen molar-refractivity contribution in [1.29, 1.82) is 0 Å². The summed E-state index contributed by atoms with van der Waals surface area (Å²) in [6.45, 7) is 3.85. The largest absolute Gasteiger partial charge is 0.147 e. The average Bonchev–Trinajstić information content (AvgIpc) is 2.76. The van der Waals surface area contributed by atoms with Crippen LogP contribution >= 0.6 is 24.8 Å². The van der Waals surface area contributed by atoms with E-state index >= 15 is 0 Å². The zero-order valence-electron chi connectivity index (χ0n) is 8.40. The summed E-state index contributed by atoms with van der Waals surface area (Å²) in [4.78, 5) is 0. The van der Waals surface area contributed by atoms with Gasteiger partial charge in [-0.1, -0.05) is 0 Å². The monoisotopic (exact) mass is 318 g/mol. The van der Waals surface area contributed by atoms with Crippen LogP contribution in [0.5, 0.6) is 0 Å². The first-order valence-electron chi connectivity index (χ1n) is 4.55. The van der Waals surface area contributed by atoms with E-state index in [0.717, 1.165) is 0 Å². The molecule has 0 saturated heterocycles. The van der Waals surface area contributed by atoms with Gasteiger partial charge < -0.3 is 0 Å². The Labute approximate surface area is 115 Å². The van der Waals surface area contributed by atoms with Gasteiger partial charge in [-0.3, -0.25) is 0 Å². The Hall–Kier alpha value is 0.163. The predicted molar refractivity (Wildman–Crippen MR) is 67.3 cm³/mol. The summed E-state index contributed by atoms with van der Waals surface area (Å²) in [5.41, 5.74) is 1.40. The second kappa shape index (κ2) is 7.44. The van der Waals surface area contributed by atoms with Gasteiger partial charge in [-0.05, 0) is 0 Å². The van der Waals surface area contributed by atoms with E-state index in [1.165, 1.54) is 18.4 Å². The van der Waals surface area contributed by atoms with Crippen molar-refractivity contribution in [3.05, 3.63) is 55.2 Å². The van der Waals surface area contributed by atoms with Crippen LogP contribution < -0.4 is 0 Å². The molecule has 0 aliphatic heterocycles. The minimum Gasteiger partial charge on any atom is -0.147 e. The quantitative estimate of drug-likeness (QED) is 0.732. The van der Waals surface area contributed by atoms with Crippen LogP contribution in [0.25, 0.3) is 0 Å². The molecule has 80 valence electrons. The molecule has 3 heteroatoms. The maximum atomic E-state index is 3.85. The fourth-order valence-corrected chi connectivity index (χ4v) is 4.86. The molecule has 0 unspecified atom stereocenters. The number of allylic oxidation sites excluding steroid dienone is 9. The number of rotatable bonds is 3. The van der Waals surface area contributed by atoms with Gasteiger partial charge in [0.25, 0.3) is 0 Å². The van der Waals surface area contributed by atoms with Gasteiger partial charge in [0.1, 0.15) is 0 Å². The van der Waals surface area contributed by atoms with Gasteiger partial charge in [0, 0.05) is 0 Å². The van der Waals surface area contributed by atoms with Crippen LogP contribution in [0.4, 0.5) is 0 Å². The van der Waals surface area contributed by atoms with Crippen LogP contribution in [0.1, 0.15) is 12.8 Å². The number of hydrogen-bond donors (Lipinski definition) is 0. The average molecular weight is 320 g/mol. The second-order valence-corrected chi connectivity index (χ2v) is 6.87. The fraction of sp³-hybridized carbons (Fsp3) is 0.167. The van der Waals surface area contributed by atoms with E-state index in [1.807, 2.05) is 6.08 Å². The number of halogens is 2. The minimum absolute atomic E-state index is 0. The summed E-state index contributed by atoms with van der Waals surface area (Å²) in [5.74, 6) is 0. The maximum absolute atomic E-state index is 3.85. The van der Waals surface area contributed by atoms with Gasteiger partial charge in [-0.2, -0.15) is 0 Å². The SMILES string of the molecule is C=CC1=[C]([Zr][C]2=CC=CC2)CC=C1.Cl.Cl. The molecule has 15 heavy (non-hydrogen) atoms. The van der Waals surface area contributed by atoms with Gasteiger partial charge in [0.2, 0.25) is 0 Å². The minimum atomic E-state index is -0.436. The topological polar surface area (TPSA) is 0 Å². The van der Waals surface area contributed by atoms with Crippen LogP contribution in [0.15, 0.2) is 55.2 Å². The Kier molecular flexibility index (Phi) is 7.52. The third kappa shape index (κ3) is 3.91. The first-order chi connectivity index (χ1) is 6.40. The van der Waals surface area contributed by atoms with Crippen molar-refractivity contribution in [2.24, 2.45) is 0 Å². The Bertz CT molecular complexity index is 349. The Balaban J connectivity index is 0.000000980. The van der Waals surface area contributed by atoms with Crippen LogP contribution in [0, 0.1) is 0 Å². The second-order valence-electron chi connectivity index (χ2n) is 3.19. The van der Waals surface area contributed by atoms with Crippen molar-refractivity contribution in [2.75, 3.05) is 0 Å². The van der Waals surface area contributed by atoms with E-state index in [1.54, 1.807) is 6.56 Å². The number of hydrogen-bond acceptors (Lipinski definition) is 0. The molecule has 0 atom stereocenters. The summed E-state index contributed by atoms with van der Waals surface area (Å²) < 4.78 is 3.38. The smallest absolute Gasteiger partial charge is 0.147 e. The molecule has 0 nitrogen and oxygen atoms in total. The van der Waals surface area contributed by atoms with Crippen molar-refractivity contribution in [1.82, 2.24) is 0 Å². The van der Waals surface area contributed by atoms with Crippen molar-refractivity contribution >= 4 is 24.8 Å². The zero-order valence-corrected chi connectivity index (χ0v) is 12.5. The molecule has 0 aromatic rings. The third-order valence-corrected chi connectivity index (χ3v) is 5.92. The Morgan fingerprint density at radius 3 is 2.60 bits per heavy atom. The maximum Gasteiger partial charge on any atom is -0.147 e. The van der Waals surface area contributed by atoms with Crippen molar-refractivity contribution in [3.8, 4) is 0 Å². The van der Waals surface area contributed by atoms with Crippen LogP contribution in [0.2, 0.25) is 0 Å². The molecule has 0 spiro atoms. The molecule has 0 bridgehead atoms. The van der Waals surface area contributed by atoms with E-state index < -0.39 is 23.2 Å². The first kappa shape index (κ1) is 15.2. The molecule has 2 aliphatic rings. The van der Waals surface area contributed by atoms with Crippen LogP contribution in [-0.2, 0) is 23.2 Å². The summed E-state index contributed by atoms with van der Waals surface area (Å²) >= 11 is -0.436. The van der Waals surface area contributed by atoms with Crippen molar-refractivity contribution in [2.45, 2.75) is 12.8 Å². The molecule has 0 N–H and O–H groups in total. The molecule has 0 fully saturated rings. The van der Waals surface area contributed by atoms with Gasteiger partial charge in [-0.25, -0.2) is 0 Å². The van der Waals surface area contributed by atoms with Crippen molar-refractivity contribution < 1.29 is 23.2 Å². The molecule has 2 rings (SSSR count). The van der Waals surface area contributed by atoms with Crippen LogP contribution in [0.3, 0.4) is 0 Å². The Morgan fingerprint density at radius 2 is 2.00 bits per heavy atom. The van der Waals surface area contributed by atoms with Gasteiger partial charge in [-0.15, -0.1) is 24.8 Å². The predicted octanol–water partition coefficient (Wildman–Crippen LogP) is 4.16.